The van der Waals surface area contributed by atoms with Crippen LogP contribution < -0.4 is 0 Å². The van der Waals surface area contributed by atoms with Crippen molar-refractivity contribution in [3.05, 3.63) is 0 Å². The van der Waals surface area contributed by atoms with Crippen molar-refractivity contribution in [1.29, 1.82) is 0 Å². The summed E-state index contributed by atoms with van der Waals surface area (Å²) in [4.78, 5) is 0. The Bertz CT molecular complexity index is 8.00. The molecule has 0 N–H and O–H groups in total. The van der Waals surface area contributed by atoms with Crippen molar-refractivity contribution in [3.63, 3.8) is 0 Å². The van der Waals surface area contributed by atoms with Crippen LogP contribution in [0.3, 0.4) is 0 Å². The number of rotatable bonds is 0. The van der Waals surface area contributed by atoms with E-state index in [0.717, 1.165) is 0 Å². The van der Waals surface area contributed by atoms with E-state index in [-0.39, 0.29) is 27.2 Å². The molecule has 0 bridgehead atoms. The molecule has 30 valence electrons. The Labute approximate surface area is 47.0 Å². The third-order valence-electron chi connectivity index (χ3n) is 0. The van der Waals surface area contributed by atoms with Gasteiger partial charge in [0.2, 0.25) is 0 Å². The van der Waals surface area contributed by atoms with E-state index < -0.39 is 0 Å². The van der Waals surface area contributed by atoms with Crippen LogP contribution >= 0.6 is 0 Å². The molecule has 0 aromatic heterocycles. The Hall–Kier alpha value is 0.995. The van der Waals surface area contributed by atoms with Crippen LogP contribution in [-0.2, 0) is 36.6 Å². The Balaban J connectivity index is -0.00000000500. The van der Waals surface area contributed by atoms with Gasteiger partial charge < -0.3 is 0 Å². The van der Waals surface area contributed by atoms with E-state index in [1.165, 1.54) is 0 Å². The summed E-state index contributed by atoms with van der Waals surface area (Å²) in [6.45, 7) is 0. The van der Waals surface area contributed by atoms with Gasteiger partial charge in [-0.2, -0.15) is 0 Å². The Morgan fingerprint density at radius 2 is 1.25 bits per heavy atom. The zero-order valence-electron chi connectivity index (χ0n) is 1.04. The van der Waals surface area contributed by atoms with Gasteiger partial charge in [0, 0.05) is 17.1 Å². The van der Waals surface area contributed by atoms with E-state index in [1.54, 1.807) is 0 Å². The monoisotopic (exact) mass is 149 g/mol. The minimum absolute atomic E-state index is 0. The third-order valence-corrected chi connectivity index (χ3v) is 0. The maximum absolute atomic E-state index is 7.94. The third kappa shape index (κ3) is 12.0. The summed E-state index contributed by atoms with van der Waals surface area (Å²) in [5.41, 5.74) is 0. The van der Waals surface area contributed by atoms with E-state index in [1.807, 2.05) is 0 Å². The van der Waals surface area contributed by atoms with Gasteiger partial charge in [-0.15, -0.1) is 0 Å². The fourth-order valence-electron chi connectivity index (χ4n) is 0. The summed E-state index contributed by atoms with van der Waals surface area (Å²) >= 11 is 2.31. The molecule has 0 heterocycles. The average Bonchev–Trinajstić information content (AvgIpc) is 1.00. The predicted molar refractivity (Wildman–Crippen MR) is 9.23 cm³/mol. The zero-order valence-corrected chi connectivity index (χ0v) is 3.03. The standard InChI is InChI=1S/Be.Co.Cu.O.2H. The van der Waals surface area contributed by atoms with Crippen LogP contribution in [0.25, 0.3) is 0 Å². The van der Waals surface area contributed by atoms with Crippen LogP contribution in [0.4, 0.5) is 0 Å². The molecule has 0 fully saturated rings. The molecule has 0 aromatic rings. The van der Waals surface area contributed by atoms with Crippen LogP contribution in [0.5, 0.6) is 0 Å². The van der Waals surface area contributed by atoms with Crippen molar-refractivity contribution in [1.82, 2.24) is 0 Å². The fourth-order valence-corrected chi connectivity index (χ4v) is 0. The van der Waals surface area contributed by atoms with Crippen LogP contribution in [-0.4, -0.2) is 10.1 Å². The molecular weight excluding hydrogens is 147 g/mol. The van der Waals surface area contributed by atoms with Gasteiger partial charge in [-0.1, -0.05) is 0 Å². The van der Waals surface area contributed by atoms with E-state index in [2.05, 4.69) is 15.7 Å². The maximum atomic E-state index is 7.94. The molecule has 0 amide bonds. The van der Waals surface area contributed by atoms with Crippen molar-refractivity contribution in [2.75, 3.05) is 0 Å². The van der Waals surface area contributed by atoms with Crippen LogP contribution in [0.1, 0.15) is 0 Å². The first-order chi connectivity index (χ1) is 1.00. The van der Waals surface area contributed by atoms with Crippen molar-refractivity contribution >= 4 is 10.1 Å². The normalized spacial score (nSPS) is 1.25. The number of hydrogen-bond acceptors (Lipinski definition) is 1. The second-order valence-corrected chi connectivity index (χ2v) is 0. The SMILES string of the molecule is [BeH2].[Cu].[O]=[Co]. The van der Waals surface area contributed by atoms with Gasteiger partial charge in [-0.25, -0.2) is 0 Å². The topological polar surface area (TPSA) is 17.1 Å². The van der Waals surface area contributed by atoms with Gasteiger partial charge in [0.1, 0.15) is 0 Å². The minimum atomic E-state index is 0. The zero-order chi connectivity index (χ0) is 2.00. The Morgan fingerprint density at radius 3 is 1.25 bits per heavy atom. The molecule has 0 aromatic carbocycles. The summed E-state index contributed by atoms with van der Waals surface area (Å²) in [7, 11) is 0. The summed E-state index contributed by atoms with van der Waals surface area (Å²) in [5.74, 6) is 0. The van der Waals surface area contributed by atoms with E-state index in [9.17, 15) is 0 Å². The van der Waals surface area contributed by atoms with Gasteiger partial charge >= 0.3 is 29.7 Å². The van der Waals surface area contributed by atoms with Gasteiger partial charge in [-0.05, 0) is 0 Å². The molecule has 0 rings (SSSR count). The molecule has 1 nitrogen and oxygen atoms in total. The quantitative estimate of drug-likeness (QED) is 0.402. The molecule has 4 heavy (non-hydrogen) atoms. The molecular formula is H2BeCoCuO. The molecule has 0 aliphatic carbocycles. The van der Waals surface area contributed by atoms with E-state index in [0.29, 0.717) is 0 Å². The second kappa shape index (κ2) is 36.2. The second-order valence-electron chi connectivity index (χ2n) is 0. The van der Waals surface area contributed by atoms with Gasteiger partial charge in [0.15, 0.2) is 0 Å². The number of hydrogen-bond donors (Lipinski definition) is 0. The summed E-state index contributed by atoms with van der Waals surface area (Å²) in [6.07, 6.45) is 0. The molecule has 0 aliphatic rings. The molecule has 0 unspecified atom stereocenters. The molecule has 0 saturated heterocycles. The van der Waals surface area contributed by atoms with Gasteiger partial charge in [0.25, 0.3) is 0 Å². The molecule has 0 atom stereocenters. The first-order valence-electron chi connectivity index (χ1n) is 0.136. The Morgan fingerprint density at radius 1 is 1.25 bits per heavy atom. The van der Waals surface area contributed by atoms with E-state index >= 15 is 0 Å². The molecule has 0 saturated carbocycles. The summed E-state index contributed by atoms with van der Waals surface area (Å²) < 4.78 is 7.94. The van der Waals surface area contributed by atoms with Crippen LogP contribution in [0.2, 0.25) is 0 Å². The van der Waals surface area contributed by atoms with Gasteiger partial charge in [-0.3, -0.25) is 0 Å². The van der Waals surface area contributed by atoms with Crippen LogP contribution in [0, 0.1) is 0 Å². The predicted octanol–water partition coefficient (Wildman–Crippen LogP) is -1.04. The molecule has 0 aliphatic heterocycles. The molecule has 1 radical (unpaired) electrons. The van der Waals surface area contributed by atoms with Crippen molar-refractivity contribution in [2.45, 2.75) is 0 Å². The first kappa shape index (κ1) is 20.0. The Kier molecular flexibility index (Phi) is 181. The molecule has 0 spiro atoms. The van der Waals surface area contributed by atoms with Crippen molar-refractivity contribution in [2.24, 2.45) is 0 Å². The summed E-state index contributed by atoms with van der Waals surface area (Å²) in [5, 5.41) is 0. The summed E-state index contributed by atoms with van der Waals surface area (Å²) in [6, 6.07) is 0. The van der Waals surface area contributed by atoms with Crippen molar-refractivity contribution < 1.29 is 36.6 Å². The first-order valence-corrected chi connectivity index (χ1v) is 0.561. The van der Waals surface area contributed by atoms with Gasteiger partial charge in [0.05, 0.1) is 0 Å². The average molecular weight is 150 g/mol. The fraction of sp³-hybridized carbons (Fsp3) is 0. The molecule has 4 heteroatoms. The van der Waals surface area contributed by atoms with Crippen LogP contribution in [0.15, 0.2) is 0 Å². The van der Waals surface area contributed by atoms with Crippen molar-refractivity contribution in [3.8, 4) is 0 Å². The van der Waals surface area contributed by atoms with E-state index in [4.69, 9.17) is 3.87 Å².